The van der Waals surface area contributed by atoms with Crippen LogP contribution in [-0.4, -0.2) is 23.8 Å². The minimum atomic E-state index is -0.298. The quantitative estimate of drug-likeness (QED) is 0.824. The smallest absolute Gasteiger partial charge is 0.321 e. The molecule has 1 saturated carbocycles. The van der Waals surface area contributed by atoms with E-state index in [2.05, 4.69) is 15.5 Å². The fourth-order valence-corrected chi connectivity index (χ4v) is 2.16. The highest BCUT2D eigenvalue weighted by molar-refractivity contribution is 5.19. The molecular weight excluding hydrogens is 194 g/mol. The van der Waals surface area contributed by atoms with Gasteiger partial charge < -0.3 is 14.6 Å². The van der Waals surface area contributed by atoms with Gasteiger partial charge in [0.05, 0.1) is 0 Å². The van der Waals surface area contributed by atoms with Crippen molar-refractivity contribution in [2.45, 2.75) is 38.2 Å². The Morgan fingerprint density at radius 3 is 2.73 bits per heavy atom. The van der Waals surface area contributed by atoms with E-state index in [1.54, 1.807) is 7.05 Å². The molecule has 1 aliphatic rings. The van der Waals surface area contributed by atoms with E-state index in [1.807, 2.05) is 6.92 Å². The fourth-order valence-electron chi connectivity index (χ4n) is 2.16. The van der Waals surface area contributed by atoms with Gasteiger partial charge in [-0.15, -0.1) is 0 Å². The lowest BCUT2D eigenvalue weighted by Crippen LogP contribution is -2.27. The number of rotatable bonds is 4. The molecule has 0 aliphatic heterocycles. The van der Waals surface area contributed by atoms with Crippen molar-refractivity contribution < 1.29 is 9.26 Å². The molecule has 1 aromatic rings. The van der Waals surface area contributed by atoms with Crippen molar-refractivity contribution >= 4 is 6.01 Å². The molecule has 1 aliphatic carbocycles. The molecule has 2 rings (SSSR count). The van der Waals surface area contributed by atoms with Crippen molar-refractivity contribution in [2.75, 3.05) is 19.0 Å². The predicted molar refractivity (Wildman–Crippen MR) is 55.6 cm³/mol. The molecule has 1 aromatic heterocycles. The maximum absolute atomic E-state index is 5.82. The van der Waals surface area contributed by atoms with Crippen LogP contribution in [0.4, 0.5) is 6.01 Å². The van der Waals surface area contributed by atoms with E-state index in [0.29, 0.717) is 18.4 Å². The van der Waals surface area contributed by atoms with Crippen molar-refractivity contribution in [3.05, 3.63) is 5.82 Å². The first-order valence-corrected chi connectivity index (χ1v) is 5.46. The maximum atomic E-state index is 5.82. The highest BCUT2D eigenvalue weighted by Crippen LogP contribution is 2.40. The molecule has 0 saturated heterocycles. The molecule has 5 heteroatoms. The molecule has 0 atom stereocenters. The zero-order chi connectivity index (χ0) is 10.7. The molecule has 0 spiro atoms. The van der Waals surface area contributed by atoms with Gasteiger partial charge in [0.2, 0.25) is 5.82 Å². The van der Waals surface area contributed by atoms with E-state index < -0.39 is 0 Å². The van der Waals surface area contributed by atoms with Gasteiger partial charge in [0, 0.05) is 13.7 Å². The fraction of sp³-hybridized carbons (Fsp3) is 0.800. The molecule has 5 nitrogen and oxygen atoms in total. The van der Waals surface area contributed by atoms with E-state index in [4.69, 9.17) is 9.26 Å². The monoisotopic (exact) mass is 211 g/mol. The van der Waals surface area contributed by atoms with E-state index in [-0.39, 0.29) is 5.60 Å². The average molecular weight is 211 g/mol. The first kappa shape index (κ1) is 10.4. The minimum Gasteiger partial charge on any atom is -0.367 e. The summed E-state index contributed by atoms with van der Waals surface area (Å²) >= 11 is 0. The van der Waals surface area contributed by atoms with Crippen molar-refractivity contribution in [1.29, 1.82) is 0 Å². The van der Waals surface area contributed by atoms with Crippen LogP contribution in [0.1, 0.15) is 38.4 Å². The zero-order valence-electron chi connectivity index (χ0n) is 9.25. The van der Waals surface area contributed by atoms with Crippen LogP contribution >= 0.6 is 0 Å². The van der Waals surface area contributed by atoms with Crippen LogP contribution in [0.15, 0.2) is 4.52 Å². The Morgan fingerprint density at radius 2 is 2.20 bits per heavy atom. The van der Waals surface area contributed by atoms with Crippen LogP contribution in [0.25, 0.3) is 0 Å². The van der Waals surface area contributed by atoms with Gasteiger partial charge in [-0.3, -0.25) is 0 Å². The van der Waals surface area contributed by atoms with Gasteiger partial charge in [-0.05, 0) is 32.6 Å². The highest BCUT2D eigenvalue weighted by atomic mass is 16.5. The minimum absolute atomic E-state index is 0.298. The second kappa shape index (κ2) is 4.18. The van der Waals surface area contributed by atoms with Crippen molar-refractivity contribution in [2.24, 2.45) is 0 Å². The zero-order valence-corrected chi connectivity index (χ0v) is 9.25. The van der Waals surface area contributed by atoms with Gasteiger partial charge in [0.1, 0.15) is 5.60 Å². The van der Waals surface area contributed by atoms with Gasteiger partial charge in [-0.25, -0.2) is 0 Å². The number of anilines is 1. The predicted octanol–water partition coefficient (Wildman–Crippen LogP) is 1.92. The number of hydrogen-bond donors (Lipinski definition) is 1. The average Bonchev–Trinajstić information content (AvgIpc) is 2.85. The molecule has 15 heavy (non-hydrogen) atoms. The molecule has 1 N–H and O–H groups in total. The second-order valence-corrected chi connectivity index (χ2v) is 3.81. The standard InChI is InChI=1S/C10H17N3O2/c1-3-14-10(6-4-5-7-10)8-12-9(11-2)15-13-8/h3-7H2,1-2H3,(H,11,12,13). The highest BCUT2D eigenvalue weighted by Gasteiger charge is 2.40. The normalized spacial score (nSPS) is 19.3. The van der Waals surface area contributed by atoms with E-state index in [9.17, 15) is 0 Å². The van der Waals surface area contributed by atoms with E-state index in [1.165, 1.54) is 12.8 Å². The Morgan fingerprint density at radius 1 is 1.47 bits per heavy atom. The third-order valence-corrected chi connectivity index (χ3v) is 2.88. The van der Waals surface area contributed by atoms with Gasteiger partial charge in [-0.2, -0.15) is 4.98 Å². The number of aromatic nitrogens is 2. The van der Waals surface area contributed by atoms with Crippen molar-refractivity contribution in [3.8, 4) is 0 Å². The Kier molecular flexibility index (Phi) is 2.90. The molecule has 0 unspecified atom stereocenters. The van der Waals surface area contributed by atoms with Crippen LogP contribution in [0.3, 0.4) is 0 Å². The van der Waals surface area contributed by atoms with Gasteiger partial charge in [0.25, 0.3) is 0 Å². The van der Waals surface area contributed by atoms with E-state index >= 15 is 0 Å². The summed E-state index contributed by atoms with van der Waals surface area (Å²) in [4.78, 5) is 4.29. The maximum Gasteiger partial charge on any atom is 0.321 e. The number of hydrogen-bond acceptors (Lipinski definition) is 5. The summed E-state index contributed by atoms with van der Waals surface area (Å²) in [7, 11) is 1.76. The summed E-state index contributed by atoms with van der Waals surface area (Å²) in [5.41, 5.74) is -0.298. The molecule has 84 valence electrons. The molecule has 0 radical (unpaired) electrons. The van der Waals surface area contributed by atoms with Crippen molar-refractivity contribution in [3.63, 3.8) is 0 Å². The number of nitrogens with one attached hydrogen (secondary N) is 1. The molecule has 0 amide bonds. The Hall–Kier alpha value is -1.10. The first-order chi connectivity index (χ1) is 7.30. The first-order valence-electron chi connectivity index (χ1n) is 5.46. The lowest BCUT2D eigenvalue weighted by molar-refractivity contribution is -0.0469. The van der Waals surface area contributed by atoms with Crippen LogP contribution in [0, 0.1) is 0 Å². The third-order valence-electron chi connectivity index (χ3n) is 2.88. The summed E-state index contributed by atoms with van der Waals surface area (Å²) in [5.74, 6) is 0.686. The van der Waals surface area contributed by atoms with Gasteiger partial charge >= 0.3 is 6.01 Å². The molecule has 0 bridgehead atoms. The van der Waals surface area contributed by atoms with E-state index in [0.717, 1.165) is 12.8 Å². The van der Waals surface area contributed by atoms with Crippen molar-refractivity contribution in [1.82, 2.24) is 10.1 Å². The lowest BCUT2D eigenvalue weighted by atomic mass is 10.0. The largest absolute Gasteiger partial charge is 0.367 e. The summed E-state index contributed by atoms with van der Waals surface area (Å²) in [6, 6.07) is 0.455. The van der Waals surface area contributed by atoms with Gasteiger partial charge in [-0.1, -0.05) is 5.16 Å². The lowest BCUT2D eigenvalue weighted by Gasteiger charge is -2.24. The Balaban J connectivity index is 2.23. The molecular formula is C10H17N3O2. The summed E-state index contributed by atoms with van der Waals surface area (Å²) in [6.07, 6.45) is 4.32. The molecule has 1 heterocycles. The second-order valence-electron chi connectivity index (χ2n) is 3.81. The topological polar surface area (TPSA) is 60.2 Å². The molecule has 0 aromatic carbocycles. The molecule has 1 fully saturated rings. The van der Waals surface area contributed by atoms with Crippen LogP contribution < -0.4 is 5.32 Å². The summed E-state index contributed by atoms with van der Waals surface area (Å²) in [6.45, 7) is 2.68. The van der Waals surface area contributed by atoms with Crippen LogP contribution in [0.5, 0.6) is 0 Å². The van der Waals surface area contributed by atoms with Crippen LogP contribution in [0.2, 0.25) is 0 Å². The Bertz CT molecular complexity index is 318. The van der Waals surface area contributed by atoms with Gasteiger partial charge in [0.15, 0.2) is 0 Å². The number of nitrogens with zero attached hydrogens (tertiary/aromatic N) is 2. The third kappa shape index (κ3) is 1.84. The van der Waals surface area contributed by atoms with Crippen LogP contribution in [-0.2, 0) is 10.3 Å². The summed E-state index contributed by atoms with van der Waals surface area (Å²) in [5, 5.41) is 6.82. The number of ether oxygens (including phenoxy) is 1. The Labute approximate surface area is 89.2 Å². The SMILES string of the molecule is CCOC1(c2noc(NC)n2)CCCC1. The summed E-state index contributed by atoms with van der Waals surface area (Å²) < 4.78 is 10.9.